The molecule has 0 bridgehead atoms. The highest BCUT2D eigenvalue weighted by molar-refractivity contribution is 8.26. The zero-order valence-electron chi connectivity index (χ0n) is 7.66. The fourth-order valence-corrected chi connectivity index (χ4v) is 2.73. The summed E-state index contributed by atoms with van der Waals surface area (Å²) in [7, 11) is 0. The molecule has 4 heteroatoms. The topological polar surface area (TPSA) is 29.1 Å². The van der Waals surface area contributed by atoms with E-state index in [0.717, 1.165) is 24.2 Å². The molecule has 0 saturated carbocycles. The van der Waals surface area contributed by atoms with E-state index in [0.29, 0.717) is 10.2 Å². The highest BCUT2D eigenvalue weighted by Crippen LogP contribution is 2.28. The van der Waals surface area contributed by atoms with Crippen molar-refractivity contribution >= 4 is 34.2 Å². The Morgan fingerprint density at radius 3 is 3.00 bits per heavy atom. The van der Waals surface area contributed by atoms with Crippen LogP contribution in [0.4, 0.5) is 0 Å². The van der Waals surface area contributed by atoms with Gasteiger partial charge in [-0.15, -0.1) is 0 Å². The second-order valence-electron chi connectivity index (χ2n) is 3.42. The minimum absolute atomic E-state index is 0.0328. The summed E-state index contributed by atoms with van der Waals surface area (Å²) in [6.45, 7) is 0. The Labute approximate surface area is 92.8 Å². The molecule has 74 valence electrons. The van der Waals surface area contributed by atoms with Gasteiger partial charge in [-0.05, 0) is 25.2 Å². The van der Waals surface area contributed by atoms with Crippen molar-refractivity contribution in [3.05, 3.63) is 23.1 Å². The lowest BCUT2D eigenvalue weighted by Crippen LogP contribution is -2.18. The molecule has 1 heterocycles. The summed E-state index contributed by atoms with van der Waals surface area (Å²) in [6.07, 6.45) is 9.74. The lowest BCUT2D eigenvalue weighted by Gasteiger charge is -2.13. The second-order valence-corrected chi connectivity index (χ2v) is 5.14. The van der Waals surface area contributed by atoms with Crippen LogP contribution in [0.2, 0.25) is 0 Å². The van der Waals surface area contributed by atoms with E-state index < -0.39 is 0 Å². The molecule has 1 saturated heterocycles. The Balaban J connectivity index is 2.06. The predicted molar refractivity (Wildman–Crippen MR) is 62.9 cm³/mol. The van der Waals surface area contributed by atoms with Crippen molar-refractivity contribution in [1.29, 1.82) is 0 Å². The standard InChI is InChI=1S/C10H11NOS2/c12-9-8(14-10(13)11-9)6-7-4-2-1-3-5-7/h1-2,6-7H,3-5H2,(H,11,12,13)/b8-6-/t7-/m0/s1. The molecule has 1 atom stereocenters. The number of amides is 1. The third-order valence-electron chi connectivity index (χ3n) is 2.34. The van der Waals surface area contributed by atoms with Gasteiger partial charge in [0.15, 0.2) is 0 Å². The van der Waals surface area contributed by atoms with E-state index in [1.165, 1.54) is 11.8 Å². The van der Waals surface area contributed by atoms with Crippen LogP contribution in [-0.4, -0.2) is 10.2 Å². The number of thiocarbonyl (C=S) groups is 1. The monoisotopic (exact) mass is 225 g/mol. The molecule has 0 unspecified atom stereocenters. The minimum Gasteiger partial charge on any atom is -0.307 e. The molecular weight excluding hydrogens is 214 g/mol. The number of carbonyl (C=O) groups is 1. The van der Waals surface area contributed by atoms with E-state index in [4.69, 9.17) is 12.2 Å². The van der Waals surface area contributed by atoms with Gasteiger partial charge in [0.1, 0.15) is 4.32 Å². The van der Waals surface area contributed by atoms with Crippen molar-refractivity contribution in [2.75, 3.05) is 0 Å². The highest BCUT2D eigenvalue weighted by atomic mass is 32.2. The summed E-state index contributed by atoms with van der Waals surface area (Å²) in [5.41, 5.74) is 0. The van der Waals surface area contributed by atoms with Gasteiger partial charge in [-0.3, -0.25) is 4.79 Å². The van der Waals surface area contributed by atoms with Crippen molar-refractivity contribution < 1.29 is 4.79 Å². The Kier molecular flexibility index (Phi) is 3.03. The number of hydrogen-bond donors (Lipinski definition) is 1. The van der Waals surface area contributed by atoms with E-state index >= 15 is 0 Å². The normalized spacial score (nSPS) is 29.7. The predicted octanol–water partition coefficient (Wildman–Crippen LogP) is 2.37. The summed E-state index contributed by atoms with van der Waals surface area (Å²) >= 11 is 6.29. The maximum Gasteiger partial charge on any atom is 0.263 e. The maximum absolute atomic E-state index is 11.4. The van der Waals surface area contributed by atoms with Gasteiger partial charge in [-0.25, -0.2) is 0 Å². The van der Waals surface area contributed by atoms with E-state index in [9.17, 15) is 4.79 Å². The Morgan fingerprint density at radius 2 is 2.43 bits per heavy atom. The first kappa shape index (κ1) is 9.93. The molecule has 0 radical (unpaired) electrons. The fraction of sp³-hybridized carbons (Fsp3) is 0.400. The minimum atomic E-state index is -0.0328. The summed E-state index contributed by atoms with van der Waals surface area (Å²) in [6, 6.07) is 0. The van der Waals surface area contributed by atoms with Crippen LogP contribution in [0.5, 0.6) is 0 Å². The maximum atomic E-state index is 11.4. The number of hydrogen-bond acceptors (Lipinski definition) is 3. The van der Waals surface area contributed by atoms with Crippen molar-refractivity contribution in [1.82, 2.24) is 5.32 Å². The molecule has 2 rings (SSSR count). The van der Waals surface area contributed by atoms with E-state index in [-0.39, 0.29) is 5.91 Å². The summed E-state index contributed by atoms with van der Waals surface area (Å²) in [4.78, 5) is 12.1. The van der Waals surface area contributed by atoms with Crippen LogP contribution in [0.25, 0.3) is 0 Å². The van der Waals surface area contributed by atoms with Crippen LogP contribution in [0.15, 0.2) is 23.1 Å². The Hall–Kier alpha value is -0.610. The molecular formula is C10H11NOS2. The largest absolute Gasteiger partial charge is 0.307 e. The van der Waals surface area contributed by atoms with Crippen molar-refractivity contribution in [2.24, 2.45) is 5.92 Å². The first-order valence-corrected chi connectivity index (χ1v) is 5.88. The van der Waals surface area contributed by atoms with Gasteiger partial charge in [-0.1, -0.05) is 42.2 Å². The lowest BCUT2D eigenvalue weighted by molar-refractivity contribution is -0.115. The number of carbonyl (C=O) groups excluding carboxylic acids is 1. The number of nitrogens with one attached hydrogen (secondary N) is 1. The smallest absolute Gasteiger partial charge is 0.263 e. The van der Waals surface area contributed by atoms with Crippen LogP contribution >= 0.6 is 24.0 Å². The average Bonchev–Trinajstić information content (AvgIpc) is 2.47. The summed E-state index contributed by atoms with van der Waals surface area (Å²) < 4.78 is 0.576. The van der Waals surface area contributed by atoms with Crippen LogP contribution in [0, 0.1) is 5.92 Å². The van der Waals surface area contributed by atoms with Gasteiger partial charge in [-0.2, -0.15) is 0 Å². The molecule has 0 spiro atoms. The van der Waals surface area contributed by atoms with Crippen LogP contribution in [0.3, 0.4) is 0 Å². The third-order valence-corrected chi connectivity index (χ3v) is 3.52. The molecule has 1 fully saturated rings. The Morgan fingerprint density at radius 1 is 1.57 bits per heavy atom. The molecule has 0 aromatic rings. The summed E-state index contributed by atoms with van der Waals surface area (Å²) in [5, 5.41) is 2.63. The molecule has 14 heavy (non-hydrogen) atoms. The van der Waals surface area contributed by atoms with Crippen molar-refractivity contribution in [2.45, 2.75) is 19.3 Å². The number of thioether (sulfide) groups is 1. The first-order valence-electron chi connectivity index (χ1n) is 4.65. The second kappa shape index (κ2) is 4.28. The molecule has 1 amide bonds. The van der Waals surface area contributed by atoms with Crippen molar-refractivity contribution in [3.63, 3.8) is 0 Å². The van der Waals surface area contributed by atoms with Gasteiger partial charge in [0.2, 0.25) is 0 Å². The fourth-order valence-electron chi connectivity index (χ4n) is 1.62. The third kappa shape index (κ3) is 2.25. The van der Waals surface area contributed by atoms with Gasteiger partial charge in [0.25, 0.3) is 5.91 Å². The molecule has 1 aliphatic heterocycles. The Bertz CT molecular complexity index is 333. The van der Waals surface area contributed by atoms with Crippen LogP contribution in [-0.2, 0) is 4.79 Å². The summed E-state index contributed by atoms with van der Waals surface area (Å²) in [5.74, 6) is 0.476. The molecule has 0 aromatic heterocycles. The van der Waals surface area contributed by atoms with Gasteiger partial charge in [0.05, 0.1) is 4.91 Å². The molecule has 1 N–H and O–H groups in total. The van der Waals surface area contributed by atoms with Crippen molar-refractivity contribution in [3.8, 4) is 0 Å². The van der Waals surface area contributed by atoms with Crippen LogP contribution < -0.4 is 5.32 Å². The van der Waals surface area contributed by atoms with Crippen LogP contribution in [0.1, 0.15) is 19.3 Å². The molecule has 0 aromatic carbocycles. The quantitative estimate of drug-likeness (QED) is 0.422. The number of rotatable bonds is 1. The van der Waals surface area contributed by atoms with E-state index in [2.05, 4.69) is 23.5 Å². The van der Waals surface area contributed by atoms with Gasteiger partial charge >= 0.3 is 0 Å². The molecule has 2 nitrogen and oxygen atoms in total. The first-order chi connectivity index (χ1) is 6.75. The lowest BCUT2D eigenvalue weighted by atomic mass is 9.94. The SMILES string of the molecule is O=C1NC(=S)S/C1=C\[C@H]1CC=CCC1. The van der Waals surface area contributed by atoms with Gasteiger partial charge in [0, 0.05) is 0 Å². The van der Waals surface area contributed by atoms with E-state index in [1.807, 2.05) is 0 Å². The average molecular weight is 225 g/mol. The van der Waals surface area contributed by atoms with Gasteiger partial charge < -0.3 is 5.32 Å². The number of allylic oxidation sites excluding steroid dienone is 3. The zero-order valence-corrected chi connectivity index (χ0v) is 9.29. The molecule has 1 aliphatic carbocycles. The van der Waals surface area contributed by atoms with E-state index in [1.54, 1.807) is 0 Å². The zero-order chi connectivity index (χ0) is 9.97. The molecule has 2 aliphatic rings. The highest BCUT2D eigenvalue weighted by Gasteiger charge is 2.23.